The first-order valence-corrected chi connectivity index (χ1v) is 8.09. The molecule has 1 rings (SSSR count). The Balaban J connectivity index is 2.66. The van der Waals surface area contributed by atoms with Crippen LogP contribution in [0.3, 0.4) is 0 Å². The topological polar surface area (TPSA) is 41.6 Å². The number of carbonyl (C=O) groups excluding carboxylic acids is 1. The van der Waals surface area contributed by atoms with Gasteiger partial charge in [-0.15, -0.1) is 0 Å². The van der Waals surface area contributed by atoms with Crippen LogP contribution >= 0.6 is 0 Å². The van der Waals surface area contributed by atoms with Gasteiger partial charge in [-0.05, 0) is 52.1 Å². The van der Waals surface area contributed by atoms with Gasteiger partial charge in [-0.3, -0.25) is 9.69 Å². The number of likely N-dealkylation sites (N-methyl/N-ethyl adjacent to an activating group) is 1. The van der Waals surface area contributed by atoms with Crippen LogP contribution in [0.4, 0.5) is 0 Å². The predicted molar refractivity (Wildman–Crippen MR) is 82.8 cm³/mol. The quantitative estimate of drug-likeness (QED) is 0.626. The van der Waals surface area contributed by atoms with Crippen LogP contribution in [0.1, 0.15) is 53.9 Å². The lowest BCUT2D eigenvalue weighted by Gasteiger charge is -2.34. The van der Waals surface area contributed by atoms with Gasteiger partial charge in [0.2, 0.25) is 0 Å². The molecule has 1 saturated carbocycles. The minimum Gasteiger partial charge on any atom is -0.465 e. The zero-order chi connectivity index (χ0) is 15.2. The SMILES string of the molecule is CCNC(C)(CN(CCC(C)C)C1CC1)C(=O)OCC. The molecule has 0 radical (unpaired) electrons. The van der Waals surface area contributed by atoms with Crippen molar-refractivity contribution in [3.05, 3.63) is 0 Å². The number of rotatable bonds is 10. The lowest BCUT2D eigenvalue weighted by Crippen LogP contribution is -2.58. The fourth-order valence-electron chi connectivity index (χ4n) is 2.53. The van der Waals surface area contributed by atoms with E-state index in [-0.39, 0.29) is 5.97 Å². The van der Waals surface area contributed by atoms with Crippen molar-refractivity contribution in [2.45, 2.75) is 65.5 Å². The second-order valence-electron chi connectivity index (χ2n) is 6.47. The third-order valence-electron chi connectivity index (χ3n) is 3.87. The van der Waals surface area contributed by atoms with E-state index in [0.29, 0.717) is 18.6 Å². The summed E-state index contributed by atoms with van der Waals surface area (Å²) in [5.74, 6) is 0.571. The summed E-state index contributed by atoms with van der Waals surface area (Å²) in [5, 5.41) is 3.33. The summed E-state index contributed by atoms with van der Waals surface area (Å²) in [4.78, 5) is 14.7. The van der Waals surface area contributed by atoms with Crippen molar-refractivity contribution in [2.24, 2.45) is 5.92 Å². The Morgan fingerprint density at radius 3 is 2.50 bits per heavy atom. The van der Waals surface area contributed by atoms with Crippen molar-refractivity contribution >= 4 is 5.97 Å². The molecule has 0 saturated heterocycles. The molecule has 1 N–H and O–H groups in total. The van der Waals surface area contributed by atoms with Crippen molar-refractivity contribution in [3.63, 3.8) is 0 Å². The smallest absolute Gasteiger partial charge is 0.327 e. The molecule has 1 unspecified atom stereocenters. The van der Waals surface area contributed by atoms with E-state index >= 15 is 0 Å². The standard InChI is InChI=1S/C16H32N2O2/c1-6-17-16(5,15(19)20-7-2)12-18(14-8-9-14)11-10-13(3)4/h13-14,17H,6-12H2,1-5H3. The fourth-order valence-corrected chi connectivity index (χ4v) is 2.53. The molecule has 0 spiro atoms. The molecule has 0 heterocycles. The Hall–Kier alpha value is -0.610. The molecule has 20 heavy (non-hydrogen) atoms. The molecule has 0 bridgehead atoms. The van der Waals surface area contributed by atoms with Crippen LogP contribution in [0.25, 0.3) is 0 Å². The van der Waals surface area contributed by atoms with Gasteiger partial charge in [0.1, 0.15) is 5.54 Å². The normalized spacial score (nSPS) is 18.4. The molecule has 0 aliphatic heterocycles. The van der Waals surface area contributed by atoms with Gasteiger partial charge in [-0.1, -0.05) is 20.8 Å². The van der Waals surface area contributed by atoms with E-state index in [1.165, 1.54) is 19.3 Å². The number of esters is 1. The van der Waals surface area contributed by atoms with Crippen molar-refractivity contribution in [1.29, 1.82) is 0 Å². The Bertz CT molecular complexity index is 303. The molecule has 4 nitrogen and oxygen atoms in total. The highest BCUT2D eigenvalue weighted by atomic mass is 16.5. The van der Waals surface area contributed by atoms with Crippen LogP contribution in [-0.2, 0) is 9.53 Å². The maximum atomic E-state index is 12.3. The Morgan fingerprint density at radius 1 is 1.40 bits per heavy atom. The van der Waals surface area contributed by atoms with Gasteiger partial charge in [0.05, 0.1) is 6.61 Å². The largest absolute Gasteiger partial charge is 0.465 e. The zero-order valence-electron chi connectivity index (χ0n) is 13.9. The Morgan fingerprint density at radius 2 is 2.05 bits per heavy atom. The van der Waals surface area contributed by atoms with Crippen molar-refractivity contribution < 1.29 is 9.53 Å². The monoisotopic (exact) mass is 284 g/mol. The average molecular weight is 284 g/mol. The number of hydrogen-bond acceptors (Lipinski definition) is 4. The molecule has 0 aromatic rings. The summed E-state index contributed by atoms with van der Waals surface area (Å²) in [7, 11) is 0. The Kier molecular flexibility index (Phi) is 6.96. The van der Waals surface area contributed by atoms with Crippen LogP contribution in [0.2, 0.25) is 0 Å². The van der Waals surface area contributed by atoms with E-state index in [9.17, 15) is 4.79 Å². The zero-order valence-corrected chi connectivity index (χ0v) is 13.9. The molecule has 4 heteroatoms. The minimum absolute atomic E-state index is 0.128. The van der Waals surface area contributed by atoms with E-state index < -0.39 is 5.54 Å². The summed E-state index contributed by atoms with van der Waals surface area (Å²) in [5.41, 5.74) is -0.593. The van der Waals surface area contributed by atoms with Crippen LogP contribution in [0, 0.1) is 5.92 Å². The van der Waals surface area contributed by atoms with Crippen molar-refractivity contribution in [2.75, 3.05) is 26.2 Å². The molecule has 118 valence electrons. The lowest BCUT2D eigenvalue weighted by atomic mass is 10.0. The van der Waals surface area contributed by atoms with Crippen LogP contribution < -0.4 is 5.32 Å². The van der Waals surface area contributed by atoms with Crippen molar-refractivity contribution in [1.82, 2.24) is 10.2 Å². The fraction of sp³-hybridized carbons (Fsp3) is 0.938. The van der Waals surface area contributed by atoms with Crippen LogP contribution in [-0.4, -0.2) is 48.7 Å². The maximum absolute atomic E-state index is 12.3. The molecule has 1 fully saturated rings. The summed E-state index contributed by atoms with van der Waals surface area (Å²) in [6.45, 7) is 13.4. The Labute approximate surface area is 124 Å². The highest BCUT2D eigenvalue weighted by Gasteiger charge is 2.39. The molecule has 0 aromatic heterocycles. The molecule has 1 aliphatic carbocycles. The number of carbonyl (C=O) groups is 1. The highest BCUT2D eigenvalue weighted by molar-refractivity contribution is 5.80. The maximum Gasteiger partial charge on any atom is 0.327 e. The van der Waals surface area contributed by atoms with E-state index in [1.807, 2.05) is 20.8 Å². The van der Waals surface area contributed by atoms with Gasteiger partial charge in [0, 0.05) is 12.6 Å². The second-order valence-corrected chi connectivity index (χ2v) is 6.47. The molecule has 0 amide bonds. The molecule has 0 aromatic carbocycles. The van der Waals surface area contributed by atoms with Crippen LogP contribution in [0.5, 0.6) is 0 Å². The first kappa shape index (κ1) is 17.4. The molecular weight excluding hydrogens is 252 g/mol. The van der Waals surface area contributed by atoms with E-state index in [1.54, 1.807) is 0 Å². The average Bonchev–Trinajstić information content (AvgIpc) is 3.19. The third-order valence-corrected chi connectivity index (χ3v) is 3.87. The molecule has 1 atom stereocenters. The highest BCUT2D eigenvalue weighted by Crippen LogP contribution is 2.29. The summed E-state index contributed by atoms with van der Waals surface area (Å²) in [6.07, 6.45) is 3.72. The van der Waals surface area contributed by atoms with Gasteiger partial charge >= 0.3 is 5.97 Å². The minimum atomic E-state index is -0.593. The van der Waals surface area contributed by atoms with E-state index in [0.717, 1.165) is 19.6 Å². The number of nitrogens with zero attached hydrogens (tertiary/aromatic N) is 1. The number of hydrogen-bond donors (Lipinski definition) is 1. The summed E-state index contributed by atoms with van der Waals surface area (Å²) in [6, 6.07) is 0.668. The lowest BCUT2D eigenvalue weighted by molar-refractivity contribution is -0.151. The first-order valence-electron chi connectivity index (χ1n) is 8.09. The second kappa shape index (κ2) is 7.99. The number of nitrogens with one attached hydrogen (secondary N) is 1. The van der Waals surface area contributed by atoms with Crippen LogP contribution in [0.15, 0.2) is 0 Å². The molecular formula is C16H32N2O2. The van der Waals surface area contributed by atoms with Gasteiger partial charge < -0.3 is 10.1 Å². The van der Waals surface area contributed by atoms with Gasteiger partial charge in [-0.25, -0.2) is 0 Å². The first-order chi connectivity index (χ1) is 9.42. The molecule has 1 aliphatic rings. The summed E-state index contributed by atoms with van der Waals surface area (Å²) < 4.78 is 5.26. The van der Waals surface area contributed by atoms with E-state index in [4.69, 9.17) is 4.74 Å². The predicted octanol–water partition coefficient (Wildman–Crippen LogP) is 2.43. The van der Waals surface area contributed by atoms with Gasteiger partial charge in [0.15, 0.2) is 0 Å². The summed E-state index contributed by atoms with van der Waals surface area (Å²) >= 11 is 0. The van der Waals surface area contributed by atoms with Gasteiger partial charge in [0.25, 0.3) is 0 Å². The van der Waals surface area contributed by atoms with Gasteiger partial charge in [-0.2, -0.15) is 0 Å². The van der Waals surface area contributed by atoms with Crippen molar-refractivity contribution in [3.8, 4) is 0 Å². The third kappa shape index (κ3) is 5.41. The van der Waals surface area contributed by atoms with E-state index in [2.05, 4.69) is 24.1 Å². The number of ether oxygens (including phenoxy) is 1.